The average Bonchev–Trinajstić information content (AvgIpc) is 3.20. The van der Waals surface area contributed by atoms with Gasteiger partial charge in [-0.05, 0) is 41.1 Å². The predicted molar refractivity (Wildman–Crippen MR) is 88.6 cm³/mol. The lowest BCUT2D eigenvalue weighted by Gasteiger charge is -2.06. The Balaban J connectivity index is 1.59. The van der Waals surface area contributed by atoms with Crippen LogP contribution in [-0.2, 0) is 18.9 Å². The molecule has 0 aliphatic rings. The molecule has 0 spiro atoms. The maximum Gasteiger partial charge on any atom is 0.210 e. The highest BCUT2D eigenvalue weighted by molar-refractivity contribution is 7.98. The molecular formula is C14H17FN8OS. The van der Waals surface area contributed by atoms with Gasteiger partial charge in [0, 0.05) is 6.54 Å². The fourth-order valence-corrected chi connectivity index (χ4v) is 2.83. The maximum atomic E-state index is 12.9. The van der Waals surface area contributed by atoms with E-state index in [1.54, 1.807) is 4.68 Å². The molecule has 2 aromatic heterocycles. The Morgan fingerprint density at radius 1 is 1.16 bits per heavy atom. The van der Waals surface area contributed by atoms with Crippen molar-refractivity contribution in [2.24, 2.45) is 0 Å². The van der Waals surface area contributed by atoms with Gasteiger partial charge < -0.3 is 10.6 Å². The number of aromatic nitrogens is 7. The third-order valence-electron chi connectivity index (χ3n) is 3.29. The molecule has 3 rings (SSSR count). The number of halogens is 1. The minimum absolute atomic E-state index is 0.128. The molecule has 0 aliphatic heterocycles. The maximum absolute atomic E-state index is 12.9. The van der Waals surface area contributed by atoms with Crippen molar-refractivity contribution < 1.29 is 9.13 Å². The van der Waals surface area contributed by atoms with Crippen LogP contribution in [0.15, 0.2) is 29.4 Å². The van der Waals surface area contributed by atoms with Gasteiger partial charge >= 0.3 is 0 Å². The van der Waals surface area contributed by atoms with Gasteiger partial charge in [-0.3, -0.25) is 0 Å². The molecule has 132 valence electrons. The van der Waals surface area contributed by atoms with Gasteiger partial charge in [-0.1, -0.05) is 18.7 Å². The summed E-state index contributed by atoms with van der Waals surface area (Å²) in [5.41, 5.74) is 0. The van der Waals surface area contributed by atoms with Crippen LogP contribution in [0, 0.1) is 5.82 Å². The predicted octanol–water partition coefficient (Wildman–Crippen LogP) is 1.40. The van der Waals surface area contributed by atoms with E-state index in [0.717, 1.165) is 18.8 Å². The summed E-state index contributed by atoms with van der Waals surface area (Å²) in [6.07, 6.45) is 0.945. The fourth-order valence-electron chi connectivity index (χ4n) is 2.02. The summed E-state index contributed by atoms with van der Waals surface area (Å²) >= 11 is 1.39. The number of nitrogens with two attached hydrogens (primary N) is 1. The van der Waals surface area contributed by atoms with Crippen molar-refractivity contribution in [2.45, 2.75) is 37.4 Å². The molecule has 1 aromatic carbocycles. The van der Waals surface area contributed by atoms with Crippen molar-refractivity contribution in [3.05, 3.63) is 41.7 Å². The summed E-state index contributed by atoms with van der Waals surface area (Å²) in [6.45, 7) is 2.95. The molecule has 11 heteroatoms. The fraction of sp³-hybridized carbons (Fsp3) is 0.357. The van der Waals surface area contributed by atoms with Crippen molar-refractivity contribution in [3.8, 4) is 5.75 Å². The summed E-state index contributed by atoms with van der Waals surface area (Å²) in [7, 11) is 0. The van der Waals surface area contributed by atoms with E-state index >= 15 is 0 Å². The first-order valence-electron chi connectivity index (χ1n) is 7.63. The number of tetrazole rings is 1. The molecule has 0 aliphatic carbocycles. The second-order valence-electron chi connectivity index (χ2n) is 5.12. The number of hydrogen-bond donors (Lipinski definition) is 1. The van der Waals surface area contributed by atoms with Crippen LogP contribution in [0.2, 0.25) is 0 Å². The van der Waals surface area contributed by atoms with Gasteiger partial charge in [0.15, 0.2) is 11.6 Å². The molecule has 0 saturated carbocycles. The smallest absolute Gasteiger partial charge is 0.210 e. The number of nitrogens with zero attached hydrogens (tertiary/aromatic N) is 7. The standard InChI is InChI=1S/C14H17FN8OS/c1-2-7-22-13(18-20-21-22)9-25-14-19-17-12(23(14)16)8-24-11-5-3-10(15)4-6-11/h3-6H,2,7-9,16H2,1H3. The minimum Gasteiger partial charge on any atom is -0.486 e. The van der Waals surface area contributed by atoms with Crippen LogP contribution < -0.4 is 10.6 Å². The van der Waals surface area contributed by atoms with E-state index in [-0.39, 0.29) is 12.4 Å². The van der Waals surface area contributed by atoms with Crippen LogP contribution in [-0.4, -0.2) is 35.1 Å². The Morgan fingerprint density at radius 3 is 2.72 bits per heavy atom. The Hall–Kier alpha value is -2.69. The summed E-state index contributed by atoms with van der Waals surface area (Å²) in [6, 6.07) is 5.72. The average molecular weight is 364 g/mol. The molecule has 0 amide bonds. The normalized spacial score (nSPS) is 11.0. The third kappa shape index (κ3) is 4.24. The summed E-state index contributed by atoms with van der Waals surface area (Å²) in [5.74, 6) is 7.94. The van der Waals surface area contributed by atoms with Crippen molar-refractivity contribution >= 4 is 11.8 Å². The zero-order chi connectivity index (χ0) is 17.6. The van der Waals surface area contributed by atoms with E-state index in [0.29, 0.717) is 22.5 Å². The molecule has 9 nitrogen and oxygen atoms in total. The van der Waals surface area contributed by atoms with Crippen LogP contribution in [0.5, 0.6) is 5.75 Å². The van der Waals surface area contributed by atoms with E-state index in [1.165, 1.54) is 40.7 Å². The molecule has 25 heavy (non-hydrogen) atoms. The zero-order valence-electron chi connectivity index (χ0n) is 13.5. The van der Waals surface area contributed by atoms with E-state index < -0.39 is 0 Å². The SMILES string of the molecule is CCCn1nnnc1CSc1nnc(COc2ccc(F)cc2)n1N. The molecule has 2 heterocycles. The monoisotopic (exact) mass is 364 g/mol. The highest BCUT2D eigenvalue weighted by atomic mass is 32.2. The van der Waals surface area contributed by atoms with Gasteiger partial charge in [-0.15, -0.1) is 15.3 Å². The molecule has 0 atom stereocenters. The lowest BCUT2D eigenvalue weighted by Crippen LogP contribution is -2.16. The van der Waals surface area contributed by atoms with Crippen molar-refractivity contribution in [2.75, 3.05) is 5.84 Å². The minimum atomic E-state index is -0.321. The molecule has 0 radical (unpaired) electrons. The highest BCUT2D eigenvalue weighted by Crippen LogP contribution is 2.20. The molecule has 0 fully saturated rings. The highest BCUT2D eigenvalue weighted by Gasteiger charge is 2.13. The Bertz CT molecular complexity index is 819. The summed E-state index contributed by atoms with van der Waals surface area (Å²) in [5, 5.41) is 20.2. The van der Waals surface area contributed by atoms with E-state index in [4.69, 9.17) is 10.6 Å². The van der Waals surface area contributed by atoms with Gasteiger partial charge in [0.2, 0.25) is 5.16 Å². The van der Waals surface area contributed by atoms with Crippen molar-refractivity contribution in [1.82, 2.24) is 35.1 Å². The van der Waals surface area contributed by atoms with Crippen molar-refractivity contribution in [1.29, 1.82) is 0 Å². The Kier molecular flexibility index (Phi) is 5.43. The quantitative estimate of drug-likeness (QED) is 0.472. The van der Waals surface area contributed by atoms with Gasteiger partial charge in [0.1, 0.15) is 18.2 Å². The van der Waals surface area contributed by atoms with E-state index in [9.17, 15) is 4.39 Å². The van der Waals surface area contributed by atoms with Gasteiger partial charge in [-0.25, -0.2) is 13.7 Å². The first kappa shape index (κ1) is 17.1. The zero-order valence-corrected chi connectivity index (χ0v) is 14.4. The first-order chi connectivity index (χ1) is 12.2. The third-order valence-corrected chi connectivity index (χ3v) is 4.23. The van der Waals surface area contributed by atoms with Crippen LogP contribution >= 0.6 is 11.8 Å². The molecule has 0 bridgehead atoms. The summed E-state index contributed by atoms with van der Waals surface area (Å²) in [4.78, 5) is 0. The van der Waals surface area contributed by atoms with Crippen molar-refractivity contribution in [3.63, 3.8) is 0 Å². The number of ether oxygens (including phenoxy) is 1. The van der Waals surface area contributed by atoms with Gasteiger partial charge in [-0.2, -0.15) is 0 Å². The first-order valence-corrected chi connectivity index (χ1v) is 8.61. The molecule has 2 N–H and O–H groups in total. The van der Waals surface area contributed by atoms with Gasteiger partial charge in [0.05, 0.1) is 5.75 Å². The second kappa shape index (κ2) is 7.92. The Morgan fingerprint density at radius 2 is 1.96 bits per heavy atom. The number of hydrogen-bond acceptors (Lipinski definition) is 8. The number of rotatable bonds is 8. The van der Waals surface area contributed by atoms with Gasteiger partial charge in [0.25, 0.3) is 0 Å². The van der Waals surface area contributed by atoms with Crippen LogP contribution in [0.1, 0.15) is 25.0 Å². The lowest BCUT2D eigenvalue weighted by atomic mass is 10.3. The number of benzene rings is 1. The van der Waals surface area contributed by atoms with Crippen LogP contribution in [0.3, 0.4) is 0 Å². The summed E-state index contributed by atoms with van der Waals surface area (Å²) < 4.78 is 21.5. The van der Waals surface area contributed by atoms with E-state index in [2.05, 4.69) is 32.6 Å². The largest absolute Gasteiger partial charge is 0.486 e. The molecule has 0 saturated heterocycles. The van der Waals surface area contributed by atoms with E-state index in [1.807, 2.05) is 0 Å². The Labute approximate surface area is 147 Å². The van der Waals surface area contributed by atoms with Crippen LogP contribution in [0.25, 0.3) is 0 Å². The number of nitrogen functional groups attached to an aromatic ring is 1. The number of thioether (sulfide) groups is 1. The molecule has 0 unspecified atom stereocenters. The second-order valence-corrected chi connectivity index (χ2v) is 6.06. The lowest BCUT2D eigenvalue weighted by molar-refractivity contribution is 0.291. The van der Waals surface area contributed by atoms with Crippen LogP contribution in [0.4, 0.5) is 4.39 Å². The topological polar surface area (TPSA) is 110 Å². The molecular weight excluding hydrogens is 347 g/mol. The molecule has 3 aromatic rings. The number of aryl methyl sites for hydroxylation is 1.